The van der Waals surface area contributed by atoms with E-state index in [-0.39, 0.29) is 18.1 Å². The van der Waals surface area contributed by atoms with Gasteiger partial charge in [-0.25, -0.2) is 15.2 Å². The molecule has 1 unspecified atom stereocenters. The molecule has 1 aliphatic carbocycles. The molecule has 0 radical (unpaired) electrons. The third-order valence-corrected chi connectivity index (χ3v) is 5.75. The Morgan fingerprint density at radius 1 is 1.22 bits per heavy atom. The van der Waals surface area contributed by atoms with Crippen molar-refractivity contribution in [1.29, 1.82) is 5.26 Å². The second kappa shape index (κ2) is 9.28. The molecule has 172 valence electrons. The Morgan fingerprint density at radius 3 is 2.62 bits per heavy atom. The number of fused-ring (bicyclic) bond motifs is 1. The van der Waals surface area contributed by atoms with Crippen molar-refractivity contribution in [3.63, 3.8) is 0 Å². The van der Waals surface area contributed by atoms with Gasteiger partial charge in [0.15, 0.2) is 17.0 Å². The van der Waals surface area contributed by atoms with Crippen LogP contribution in [0.25, 0.3) is 11.2 Å². The van der Waals surface area contributed by atoms with E-state index in [9.17, 15) is 10.1 Å². The second-order valence-corrected chi connectivity index (χ2v) is 9.40. The van der Waals surface area contributed by atoms with E-state index >= 15 is 0 Å². The molecule has 2 fully saturated rings. The van der Waals surface area contributed by atoms with Crippen LogP contribution in [0, 0.1) is 11.3 Å². The van der Waals surface area contributed by atoms with Gasteiger partial charge < -0.3 is 9.47 Å². The van der Waals surface area contributed by atoms with E-state index in [1.54, 1.807) is 11.3 Å². The first-order valence-corrected chi connectivity index (χ1v) is 11.4. The fraction of sp³-hybridized carbons (Fsp3) is 0.682. The SMILES string of the molecule is CC(C)(C)OC(=O)NN(c1nc(C#N)nc2c1ncn2C1CCCCO1)C1CCCCC1. The molecule has 0 spiro atoms. The summed E-state index contributed by atoms with van der Waals surface area (Å²) in [5, 5.41) is 11.4. The second-order valence-electron chi connectivity index (χ2n) is 9.40. The van der Waals surface area contributed by atoms with Crippen LogP contribution in [-0.4, -0.2) is 43.9 Å². The van der Waals surface area contributed by atoms with Crippen molar-refractivity contribution < 1.29 is 14.3 Å². The minimum atomic E-state index is -0.638. The Hall–Kier alpha value is -2.93. The average molecular weight is 442 g/mol. The molecule has 10 heteroatoms. The predicted molar refractivity (Wildman–Crippen MR) is 118 cm³/mol. The molecule has 1 atom stereocenters. The maximum Gasteiger partial charge on any atom is 0.426 e. The predicted octanol–water partition coefficient (Wildman–Crippen LogP) is 3.98. The molecule has 1 N–H and O–H groups in total. The van der Waals surface area contributed by atoms with Gasteiger partial charge >= 0.3 is 6.09 Å². The number of aromatic nitrogens is 4. The third kappa shape index (κ3) is 4.93. The van der Waals surface area contributed by atoms with Gasteiger partial charge in [-0.1, -0.05) is 19.3 Å². The largest absolute Gasteiger partial charge is 0.443 e. The first kappa shape index (κ1) is 22.3. The van der Waals surface area contributed by atoms with Crippen molar-refractivity contribution >= 4 is 23.1 Å². The topological polar surface area (TPSA) is 118 Å². The van der Waals surface area contributed by atoms with Crippen molar-refractivity contribution in [3.05, 3.63) is 12.2 Å². The first-order chi connectivity index (χ1) is 15.4. The quantitative estimate of drug-likeness (QED) is 0.708. The van der Waals surface area contributed by atoms with Gasteiger partial charge in [0, 0.05) is 6.61 Å². The lowest BCUT2D eigenvalue weighted by Crippen LogP contribution is -2.51. The van der Waals surface area contributed by atoms with E-state index < -0.39 is 11.7 Å². The van der Waals surface area contributed by atoms with Crippen molar-refractivity contribution in [1.82, 2.24) is 24.9 Å². The Labute approximate surface area is 187 Å². The van der Waals surface area contributed by atoms with Gasteiger partial charge in [0.25, 0.3) is 0 Å². The van der Waals surface area contributed by atoms with Crippen molar-refractivity contribution in [2.75, 3.05) is 11.6 Å². The number of hydrazine groups is 1. The van der Waals surface area contributed by atoms with Crippen LogP contribution in [-0.2, 0) is 9.47 Å². The zero-order valence-corrected chi connectivity index (χ0v) is 19.0. The lowest BCUT2D eigenvalue weighted by molar-refractivity contribution is -0.0298. The van der Waals surface area contributed by atoms with Crippen LogP contribution in [0.3, 0.4) is 0 Å². The fourth-order valence-corrected chi connectivity index (χ4v) is 4.33. The van der Waals surface area contributed by atoms with Crippen LogP contribution in [0.4, 0.5) is 10.6 Å². The van der Waals surface area contributed by atoms with Crippen LogP contribution in [0.2, 0.25) is 0 Å². The monoisotopic (exact) mass is 441 g/mol. The number of nitrogens with zero attached hydrogens (tertiary/aromatic N) is 6. The summed E-state index contributed by atoms with van der Waals surface area (Å²) >= 11 is 0. The van der Waals surface area contributed by atoms with E-state index in [4.69, 9.17) is 9.47 Å². The van der Waals surface area contributed by atoms with Gasteiger partial charge in [-0.15, -0.1) is 0 Å². The Morgan fingerprint density at radius 2 is 1.97 bits per heavy atom. The number of ether oxygens (including phenoxy) is 2. The summed E-state index contributed by atoms with van der Waals surface area (Å²) in [7, 11) is 0. The summed E-state index contributed by atoms with van der Waals surface area (Å²) in [6.45, 7) is 6.14. The summed E-state index contributed by atoms with van der Waals surface area (Å²) in [4.78, 5) is 26.2. The minimum Gasteiger partial charge on any atom is -0.443 e. The lowest BCUT2D eigenvalue weighted by atomic mass is 9.95. The smallest absolute Gasteiger partial charge is 0.426 e. The van der Waals surface area contributed by atoms with Crippen LogP contribution >= 0.6 is 0 Å². The van der Waals surface area contributed by atoms with Crippen LogP contribution in [0.5, 0.6) is 0 Å². The zero-order chi connectivity index (χ0) is 22.7. The standard InChI is InChI=1S/C22H31N7O3/c1-22(2,3)32-21(30)27-29(15-9-5-4-6-10-15)20-18-19(25-16(13-23)26-20)28(14-24-18)17-11-7-8-12-31-17/h14-15,17H,4-12H2,1-3H3,(H,27,30). The number of hydrogen-bond acceptors (Lipinski definition) is 8. The van der Waals surface area contributed by atoms with E-state index in [1.807, 2.05) is 25.3 Å². The highest BCUT2D eigenvalue weighted by molar-refractivity contribution is 5.85. The molecule has 4 rings (SSSR count). The highest BCUT2D eigenvalue weighted by atomic mass is 16.6. The van der Waals surface area contributed by atoms with E-state index in [1.165, 1.54) is 0 Å². The summed E-state index contributed by atoms with van der Waals surface area (Å²) in [5.41, 5.74) is 3.31. The molecule has 0 aromatic carbocycles. The molecule has 1 saturated heterocycles. The summed E-state index contributed by atoms with van der Waals surface area (Å²) in [6, 6.07) is 2.08. The molecule has 1 aliphatic heterocycles. The highest BCUT2D eigenvalue weighted by Crippen LogP contribution is 2.32. The molecule has 1 saturated carbocycles. The van der Waals surface area contributed by atoms with Crippen LogP contribution < -0.4 is 10.4 Å². The Balaban J connectivity index is 1.76. The molecule has 3 heterocycles. The van der Waals surface area contributed by atoms with Gasteiger partial charge in [0.05, 0.1) is 12.4 Å². The lowest BCUT2D eigenvalue weighted by Gasteiger charge is -2.35. The van der Waals surface area contributed by atoms with Crippen molar-refractivity contribution in [3.8, 4) is 6.07 Å². The molecule has 0 bridgehead atoms. The summed E-state index contributed by atoms with van der Waals surface area (Å²) in [6.07, 6.45) is 8.96. The molecule has 32 heavy (non-hydrogen) atoms. The molecule has 2 aromatic rings. The van der Waals surface area contributed by atoms with Gasteiger partial charge in [-0.05, 0) is 52.9 Å². The van der Waals surface area contributed by atoms with Gasteiger partial charge in [0.2, 0.25) is 5.82 Å². The zero-order valence-electron chi connectivity index (χ0n) is 19.0. The fourth-order valence-electron chi connectivity index (χ4n) is 4.33. The van der Waals surface area contributed by atoms with Gasteiger partial charge in [-0.3, -0.25) is 9.58 Å². The number of anilines is 1. The van der Waals surface area contributed by atoms with E-state index in [0.29, 0.717) is 23.6 Å². The number of hydrogen-bond donors (Lipinski definition) is 1. The summed E-state index contributed by atoms with van der Waals surface area (Å²) < 4.78 is 13.3. The number of nitriles is 1. The normalized spacial score (nSPS) is 20.0. The maximum atomic E-state index is 12.7. The molecule has 2 aliphatic rings. The molecular weight excluding hydrogens is 410 g/mol. The summed E-state index contributed by atoms with van der Waals surface area (Å²) in [5.74, 6) is 0.440. The maximum absolute atomic E-state index is 12.7. The van der Waals surface area contributed by atoms with Gasteiger partial charge in [0.1, 0.15) is 17.9 Å². The van der Waals surface area contributed by atoms with Gasteiger partial charge in [-0.2, -0.15) is 15.2 Å². The number of amides is 1. The molecular formula is C22H31N7O3. The Kier molecular flexibility index (Phi) is 6.46. The average Bonchev–Trinajstić information content (AvgIpc) is 3.21. The number of carbonyl (C=O) groups is 1. The molecule has 10 nitrogen and oxygen atoms in total. The van der Waals surface area contributed by atoms with Crippen molar-refractivity contribution in [2.45, 2.75) is 90.0 Å². The van der Waals surface area contributed by atoms with Crippen LogP contribution in [0.15, 0.2) is 6.33 Å². The Bertz CT molecular complexity index is 995. The first-order valence-electron chi connectivity index (χ1n) is 11.4. The molecule has 2 aromatic heterocycles. The minimum absolute atomic E-state index is 0.0249. The van der Waals surface area contributed by atoms with E-state index in [2.05, 4.69) is 26.4 Å². The number of imidazole rings is 1. The highest BCUT2D eigenvalue weighted by Gasteiger charge is 2.30. The molecule has 1 amide bonds. The number of nitrogens with one attached hydrogen (secondary N) is 1. The third-order valence-electron chi connectivity index (χ3n) is 5.75. The van der Waals surface area contributed by atoms with E-state index in [0.717, 1.165) is 51.4 Å². The number of carbonyl (C=O) groups excluding carboxylic acids is 1. The van der Waals surface area contributed by atoms with Crippen LogP contribution in [0.1, 0.15) is 84.2 Å². The van der Waals surface area contributed by atoms with Crippen molar-refractivity contribution in [2.24, 2.45) is 0 Å². The number of rotatable bonds is 4.